The molecule has 2 N–H and O–H groups in total. The number of aromatic nitrogens is 1. The van der Waals surface area contributed by atoms with Crippen molar-refractivity contribution in [3.05, 3.63) is 11.6 Å². The summed E-state index contributed by atoms with van der Waals surface area (Å²) in [4.78, 5) is 4.07. The molecule has 0 fully saturated rings. The van der Waals surface area contributed by atoms with Crippen LogP contribution in [-0.2, 0) is 0 Å². The minimum atomic E-state index is -0.662. The fourth-order valence-corrected chi connectivity index (χ4v) is 2.19. The summed E-state index contributed by atoms with van der Waals surface area (Å²) in [5, 5.41) is 15.7. The molecule has 1 atom stereocenters. The van der Waals surface area contributed by atoms with E-state index >= 15 is 0 Å². The lowest BCUT2D eigenvalue weighted by molar-refractivity contribution is 0.0997. The van der Waals surface area contributed by atoms with Crippen LogP contribution in [0.4, 0.5) is 5.13 Å². The number of nitrogens with one attached hydrogen (secondary N) is 1. The van der Waals surface area contributed by atoms with Crippen LogP contribution in [0.2, 0.25) is 0 Å². The summed E-state index contributed by atoms with van der Waals surface area (Å²) < 4.78 is 0. The van der Waals surface area contributed by atoms with Crippen LogP contribution in [0.1, 0.15) is 6.92 Å². The van der Waals surface area contributed by atoms with Gasteiger partial charge in [-0.2, -0.15) is 11.8 Å². The predicted octanol–water partition coefficient (Wildman–Crippen LogP) is 1.67. The first-order valence-electron chi connectivity index (χ1n) is 3.99. The predicted molar refractivity (Wildman–Crippen MR) is 59.6 cm³/mol. The second kappa shape index (κ2) is 4.83. The fourth-order valence-electron chi connectivity index (χ4n) is 0.939. The largest absolute Gasteiger partial charge is 0.387 e. The number of nitrogens with zero attached hydrogens (tertiary/aromatic N) is 1. The van der Waals surface area contributed by atoms with E-state index in [0.717, 1.165) is 10.9 Å². The van der Waals surface area contributed by atoms with Crippen LogP contribution in [0.25, 0.3) is 0 Å². The molecular weight excluding hydrogens is 204 g/mol. The molecule has 0 saturated heterocycles. The summed E-state index contributed by atoms with van der Waals surface area (Å²) in [5.74, 6) is 0.728. The second-order valence-electron chi connectivity index (χ2n) is 3.12. The van der Waals surface area contributed by atoms with Gasteiger partial charge in [-0.05, 0) is 13.2 Å². The van der Waals surface area contributed by atoms with Crippen LogP contribution < -0.4 is 5.32 Å². The Morgan fingerprint density at radius 3 is 3.08 bits per heavy atom. The van der Waals surface area contributed by atoms with E-state index in [1.165, 1.54) is 0 Å². The summed E-state index contributed by atoms with van der Waals surface area (Å²) >= 11 is 3.18. The molecular formula is C8H14N2OS2. The Morgan fingerprint density at radius 1 is 1.77 bits per heavy atom. The average Bonchev–Trinajstić information content (AvgIpc) is 2.52. The maximum absolute atomic E-state index is 9.81. The van der Waals surface area contributed by atoms with Crippen LogP contribution in [0.15, 0.2) is 11.6 Å². The molecule has 0 radical (unpaired) electrons. The van der Waals surface area contributed by atoms with E-state index < -0.39 is 5.60 Å². The molecule has 13 heavy (non-hydrogen) atoms. The zero-order chi connectivity index (χ0) is 9.73. The first kappa shape index (κ1) is 10.8. The molecule has 0 aliphatic heterocycles. The molecule has 1 heterocycles. The normalized spacial score (nSPS) is 15.3. The SMILES string of the molecule is CSCC(C)(O)CNc1nccs1. The number of hydrogen-bond donors (Lipinski definition) is 2. The third kappa shape index (κ3) is 3.97. The maximum atomic E-state index is 9.81. The van der Waals surface area contributed by atoms with Crippen molar-refractivity contribution < 1.29 is 5.11 Å². The van der Waals surface area contributed by atoms with Gasteiger partial charge in [0, 0.05) is 23.9 Å². The summed E-state index contributed by atoms with van der Waals surface area (Å²) in [5.41, 5.74) is -0.662. The third-order valence-corrected chi connectivity index (χ3v) is 3.15. The van der Waals surface area contributed by atoms with Crippen molar-refractivity contribution in [1.29, 1.82) is 0 Å². The van der Waals surface area contributed by atoms with Gasteiger partial charge in [-0.25, -0.2) is 4.98 Å². The van der Waals surface area contributed by atoms with Gasteiger partial charge in [0.05, 0.1) is 5.60 Å². The second-order valence-corrected chi connectivity index (χ2v) is 4.88. The molecule has 1 aromatic rings. The highest BCUT2D eigenvalue weighted by molar-refractivity contribution is 7.98. The fraction of sp³-hybridized carbons (Fsp3) is 0.625. The topological polar surface area (TPSA) is 45.1 Å². The third-order valence-electron chi connectivity index (χ3n) is 1.51. The van der Waals surface area contributed by atoms with Crippen molar-refractivity contribution in [2.24, 2.45) is 0 Å². The van der Waals surface area contributed by atoms with Crippen molar-refractivity contribution in [1.82, 2.24) is 4.98 Å². The number of thiazole rings is 1. The number of aliphatic hydroxyl groups is 1. The van der Waals surface area contributed by atoms with Gasteiger partial charge >= 0.3 is 0 Å². The lowest BCUT2D eigenvalue weighted by Crippen LogP contribution is -2.35. The van der Waals surface area contributed by atoms with Gasteiger partial charge in [-0.1, -0.05) is 0 Å². The molecule has 0 amide bonds. The van der Waals surface area contributed by atoms with E-state index in [9.17, 15) is 5.11 Å². The van der Waals surface area contributed by atoms with Crippen molar-refractivity contribution in [2.45, 2.75) is 12.5 Å². The average molecular weight is 218 g/mol. The minimum absolute atomic E-state index is 0.543. The number of thioether (sulfide) groups is 1. The Kier molecular flexibility index (Phi) is 4.02. The van der Waals surface area contributed by atoms with Crippen molar-refractivity contribution in [2.75, 3.05) is 23.9 Å². The van der Waals surface area contributed by atoms with Gasteiger partial charge in [0.15, 0.2) is 5.13 Å². The lowest BCUT2D eigenvalue weighted by Gasteiger charge is -2.22. The van der Waals surface area contributed by atoms with Crippen LogP contribution in [0.3, 0.4) is 0 Å². The van der Waals surface area contributed by atoms with E-state index in [-0.39, 0.29) is 0 Å². The number of rotatable bonds is 5. The van der Waals surface area contributed by atoms with E-state index in [4.69, 9.17) is 0 Å². The van der Waals surface area contributed by atoms with Gasteiger partial charge in [0.25, 0.3) is 0 Å². The van der Waals surface area contributed by atoms with Gasteiger partial charge < -0.3 is 10.4 Å². The molecule has 5 heteroatoms. The molecule has 0 aliphatic carbocycles. The van der Waals surface area contributed by atoms with Gasteiger partial charge in [-0.15, -0.1) is 11.3 Å². The van der Waals surface area contributed by atoms with Crippen molar-refractivity contribution in [3.8, 4) is 0 Å². The van der Waals surface area contributed by atoms with Gasteiger partial charge in [0.2, 0.25) is 0 Å². The first-order chi connectivity index (χ1) is 6.14. The molecule has 0 saturated carbocycles. The van der Waals surface area contributed by atoms with Crippen LogP contribution in [0, 0.1) is 0 Å². The molecule has 3 nitrogen and oxygen atoms in total. The molecule has 0 bridgehead atoms. The standard InChI is InChI=1S/C8H14N2OS2/c1-8(11,6-12-2)5-10-7-9-3-4-13-7/h3-4,11H,5-6H2,1-2H3,(H,9,10). The number of anilines is 1. The molecule has 0 aliphatic rings. The molecule has 0 aromatic carbocycles. The summed E-state index contributed by atoms with van der Waals surface area (Å²) in [6.07, 6.45) is 3.73. The molecule has 1 unspecified atom stereocenters. The summed E-state index contributed by atoms with van der Waals surface area (Å²) in [6, 6.07) is 0. The molecule has 0 spiro atoms. The van der Waals surface area contributed by atoms with E-state index in [1.807, 2.05) is 18.6 Å². The van der Waals surface area contributed by atoms with Crippen molar-refractivity contribution in [3.63, 3.8) is 0 Å². The Bertz CT molecular complexity index is 236. The highest BCUT2D eigenvalue weighted by Gasteiger charge is 2.19. The van der Waals surface area contributed by atoms with E-state index in [0.29, 0.717) is 6.54 Å². The zero-order valence-electron chi connectivity index (χ0n) is 7.78. The smallest absolute Gasteiger partial charge is 0.182 e. The highest BCUT2D eigenvalue weighted by Crippen LogP contribution is 2.14. The van der Waals surface area contributed by atoms with Crippen molar-refractivity contribution >= 4 is 28.2 Å². The maximum Gasteiger partial charge on any atom is 0.182 e. The first-order valence-corrected chi connectivity index (χ1v) is 6.26. The van der Waals surface area contributed by atoms with E-state index in [2.05, 4.69) is 10.3 Å². The summed E-state index contributed by atoms with van der Waals surface area (Å²) in [7, 11) is 0. The molecule has 1 aromatic heterocycles. The minimum Gasteiger partial charge on any atom is -0.387 e. The van der Waals surface area contributed by atoms with Gasteiger partial charge in [-0.3, -0.25) is 0 Å². The monoisotopic (exact) mass is 218 g/mol. The van der Waals surface area contributed by atoms with Gasteiger partial charge in [0.1, 0.15) is 0 Å². The van der Waals surface area contributed by atoms with Crippen LogP contribution >= 0.6 is 23.1 Å². The number of hydrogen-bond acceptors (Lipinski definition) is 5. The Balaban J connectivity index is 2.33. The quantitative estimate of drug-likeness (QED) is 0.789. The Hall–Kier alpha value is -0.260. The van der Waals surface area contributed by atoms with Crippen LogP contribution in [-0.4, -0.2) is 34.2 Å². The Labute approximate surface area is 86.6 Å². The summed E-state index contributed by atoms with van der Waals surface area (Å²) in [6.45, 7) is 2.37. The molecule has 1 rings (SSSR count). The zero-order valence-corrected chi connectivity index (χ0v) is 9.41. The molecule has 74 valence electrons. The lowest BCUT2D eigenvalue weighted by atomic mass is 10.1. The Morgan fingerprint density at radius 2 is 2.54 bits per heavy atom. The highest BCUT2D eigenvalue weighted by atomic mass is 32.2. The van der Waals surface area contributed by atoms with Crippen LogP contribution in [0.5, 0.6) is 0 Å². The van der Waals surface area contributed by atoms with E-state index in [1.54, 1.807) is 29.3 Å².